The van der Waals surface area contributed by atoms with Crippen LogP contribution in [0.2, 0.25) is 0 Å². The van der Waals surface area contributed by atoms with Crippen molar-refractivity contribution in [3.8, 4) is 0 Å². The van der Waals surface area contributed by atoms with Crippen molar-refractivity contribution in [3.63, 3.8) is 0 Å². The molecular formula is C24H37N3O2. The summed E-state index contributed by atoms with van der Waals surface area (Å²) in [6.45, 7) is 11.8. The van der Waals surface area contributed by atoms with E-state index < -0.39 is 0 Å². The van der Waals surface area contributed by atoms with Gasteiger partial charge in [0.2, 0.25) is 5.91 Å². The monoisotopic (exact) mass is 399 g/mol. The fraction of sp³-hybridized carbons (Fsp3) is 0.667. The van der Waals surface area contributed by atoms with Crippen LogP contribution in [0.1, 0.15) is 60.5 Å². The number of hydrogen-bond acceptors (Lipinski definition) is 3. The molecule has 3 rings (SSSR count). The predicted octanol–water partition coefficient (Wildman–Crippen LogP) is 3.39. The molecule has 1 aromatic rings. The maximum Gasteiger partial charge on any atom is 0.253 e. The zero-order valence-corrected chi connectivity index (χ0v) is 18.4. The van der Waals surface area contributed by atoms with Crippen molar-refractivity contribution in [1.82, 2.24) is 15.1 Å². The summed E-state index contributed by atoms with van der Waals surface area (Å²) in [7, 11) is 0. The van der Waals surface area contributed by atoms with Crippen LogP contribution in [0, 0.1) is 25.7 Å². The molecular weight excluding hydrogens is 362 g/mol. The summed E-state index contributed by atoms with van der Waals surface area (Å²) >= 11 is 0. The van der Waals surface area contributed by atoms with E-state index in [0.29, 0.717) is 6.54 Å². The van der Waals surface area contributed by atoms with E-state index in [1.165, 1.54) is 25.9 Å². The van der Waals surface area contributed by atoms with Gasteiger partial charge in [-0.05, 0) is 83.6 Å². The van der Waals surface area contributed by atoms with Gasteiger partial charge in [-0.3, -0.25) is 9.59 Å². The molecule has 2 amide bonds. The van der Waals surface area contributed by atoms with E-state index in [4.69, 9.17) is 0 Å². The second kappa shape index (κ2) is 10.2. The number of hydrogen-bond donors (Lipinski definition) is 1. The zero-order chi connectivity index (χ0) is 20.8. The molecule has 160 valence electrons. The van der Waals surface area contributed by atoms with Gasteiger partial charge in [0.15, 0.2) is 0 Å². The number of carbonyl (C=O) groups is 2. The molecule has 0 saturated carbocycles. The lowest BCUT2D eigenvalue weighted by Gasteiger charge is -2.32. The minimum Gasteiger partial charge on any atom is -0.356 e. The van der Waals surface area contributed by atoms with E-state index in [0.717, 1.165) is 61.5 Å². The molecule has 2 aliphatic rings. The van der Waals surface area contributed by atoms with Crippen molar-refractivity contribution < 1.29 is 9.59 Å². The van der Waals surface area contributed by atoms with E-state index >= 15 is 0 Å². The molecule has 0 aliphatic carbocycles. The smallest absolute Gasteiger partial charge is 0.253 e. The Morgan fingerprint density at radius 1 is 1.03 bits per heavy atom. The minimum absolute atomic E-state index is 0.0497. The van der Waals surface area contributed by atoms with Gasteiger partial charge in [-0.25, -0.2) is 0 Å². The molecule has 2 aliphatic heterocycles. The van der Waals surface area contributed by atoms with Gasteiger partial charge < -0.3 is 15.1 Å². The van der Waals surface area contributed by atoms with E-state index in [1.54, 1.807) is 0 Å². The average molecular weight is 400 g/mol. The van der Waals surface area contributed by atoms with Crippen LogP contribution in [0.3, 0.4) is 0 Å². The molecule has 0 bridgehead atoms. The van der Waals surface area contributed by atoms with Crippen LogP contribution < -0.4 is 5.32 Å². The molecule has 2 heterocycles. The second-order valence-electron chi connectivity index (χ2n) is 9.14. The van der Waals surface area contributed by atoms with Gasteiger partial charge in [0.05, 0.1) is 5.92 Å². The maximum absolute atomic E-state index is 12.9. The largest absolute Gasteiger partial charge is 0.356 e. The first-order chi connectivity index (χ1) is 13.9. The number of amides is 2. The normalized spacial score (nSPS) is 21.2. The summed E-state index contributed by atoms with van der Waals surface area (Å²) in [6, 6.07) is 5.97. The predicted molar refractivity (Wildman–Crippen MR) is 117 cm³/mol. The molecule has 29 heavy (non-hydrogen) atoms. The van der Waals surface area contributed by atoms with Crippen molar-refractivity contribution in [1.29, 1.82) is 0 Å². The van der Waals surface area contributed by atoms with Gasteiger partial charge in [0.1, 0.15) is 0 Å². The first-order valence-corrected chi connectivity index (χ1v) is 11.3. The standard InChI is InChI=1S/C24H37N3O2/c1-18-7-12-26(13-8-18)10-5-9-25-23(28)21-6-4-11-27(17-21)24(29)22-15-19(2)14-20(3)16-22/h14-16,18,21H,4-13,17H2,1-3H3,(H,25,28). The highest BCUT2D eigenvalue weighted by Crippen LogP contribution is 2.20. The fourth-order valence-corrected chi connectivity index (χ4v) is 4.60. The van der Waals surface area contributed by atoms with E-state index in [-0.39, 0.29) is 17.7 Å². The third kappa shape index (κ3) is 6.30. The topological polar surface area (TPSA) is 52.7 Å². The molecule has 0 aromatic heterocycles. The van der Waals surface area contributed by atoms with Crippen molar-refractivity contribution in [2.45, 2.75) is 52.9 Å². The Kier molecular flexibility index (Phi) is 7.70. The second-order valence-corrected chi connectivity index (χ2v) is 9.14. The number of aryl methyl sites for hydroxylation is 2. The quantitative estimate of drug-likeness (QED) is 0.746. The first-order valence-electron chi connectivity index (χ1n) is 11.3. The molecule has 0 spiro atoms. The van der Waals surface area contributed by atoms with Crippen LogP contribution in [0.25, 0.3) is 0 Å². The Morgan fingerprint density at radius 3 is 2.41 bits per heavy atom. The van der Waals surface area contributed by atoms with Crippen molar-refractivity contribution in [3.05, 3.63) is 34.9 Å². The Labute approximate surface area is 175 Å². The van der Waals surface area contributed by atoms with Crippen molar-refractivity contribution in [2.24, 2.45) is 11.8 Å². The van der Waals surface area contributed by atoms with Crippen LogP contribution in [0.5, 0.6) is 0 Å². The summed E-state index contributed by atoms with van der Waals surface area (Å²) in [4.78, 5) is 29.9. The summed E-state index contributed by atoms with van der Waals surface area (Å²) in [5.41, 5.74) is 2.94. The van der Waals surface area contributed by atoms with Crippen LogP contribution in [0.4, 0.5) is 0 Å². The average Bonchev–Trinajstić information content (AvgIpc) is 2.71. The van der Waals surface area contributed by atoms with Crippen molar-refractivity contribution in [2.75, 3.05) is 39.3 Å². The lowest BCUT2D eigenvalue weighted by molar-refractivity contribution is -0.126. The van der Waals surface area contributed by atoms with Gasteiger partial charge in [-0.1, -0.05) is 24.1 Å². The lowest BCUT2D eigenvalue weighted by Crippen LogP contribution is -2.46. The number of nitrogens with zero attached hydrogens (tertiary/aromatic N) is 2. The van der Waals surface area contributed by atoms with Crippen LogP contribution in [0.15, 0.2) is 18.2 Å². The SMILES string of the molecule is Cc1cc(C)cc(C(=O)N2CCCC(C(=O)NCCCN3CCC(C)CC3)C2)c1. The molecule has 1 unspecified atom stereocenters. The van der Waals surface area contributed by atoms with E-state index in [9.17, 15) is 9.59 Å². The number of nitrogens with one attached hydrogen (secondary N) is 1. The number of piperidine rings is 2. The summed E-state index contributed by atoms with van der Waals surface area (Å²) < 4.78 is 0. The highest BCUT2D eigenvalue weighted by atomic mass is 16.2. The van der Waals surface area contributed by atoms with Gasteiger partial charge in [0.25, 0.3) is 5.91 Å². The fourth-order valence-electron chi connectivity index (χ4n) is 4.60. The van der Waals surface area contributed by atoms with Crippen LogP contribution >= 0.6 is 0 Å². The minimum atomic E-state index is -0.0885. The van der Waals surface area contributed by atoms with Crippen molar-refractivity contribution >= 4 is 11.8 Å². The summed E-state index contributed by atoms with van der Waals surface area (Å²) in [5, 5.41) is 3.11. The number of rotatable bonds is 6. The molecule has 1 N–H and O–H groups in total. The van der Waals surface area contributed by atoms with E-state index in [1.807, 2.05) is 30.9 Å². The molecule has 5 heteroatoms. The Balaban J connectivity index is 1.43. The summed E-state index contributed by atoms with van der Waals surface area (Å²) in [5.74, 6) is 0.921. The zero-order valence-electron chi connectivity index (χ0n) is 18.4. The third-order valence-corrected chi connectivity index (χ3v) is 6.37. The maximum atomic E-state index is 12.9. The Bertz CT molecular complexity index is 690. The number of likely N-dealkylation sites (tertiary alicyclic amines) is 2. The van der Waals surface area contributed by atoms with Gasteiger partial charge >= 0.3 is 0 Å². The molecule has 0 radical (unpaired) electrons. The van der Waals surface area contributed by atoms with Crippen LogP contribution in [-0.2, 0) is 4.79 Å². The van der Waals surface area contributed by atoms with Crippen LogP contribution in [-0.4, -0.2) is 60.9 Å². The molecule has 1 aromatic carbocycles. The first kappa shape index (κ1) is 21.8. The molecule has 2 saturated heterocycles. The molecule has 1 atom stereocenters. The van der Waals surface area contributed by atoms with Gasteiger partial charge in [-0.15, -0.1) is 0 Å². The number of carbonyl (C=O) groups excluding carboxylic acids is 2. The van der Waals surface area contributed by atoms with Gasteiger partial charge in [-0.2, -0.15) is 0 Å². The lowest BCUT2D eigenvalue weighted by atomic mass is 9.96. The summed E-state index contributed by atoms with van der Waals surface area (Å²) in [6.07, 6.45) is 5.34. The Morgan fingerprint density at radius 2 is 1.72 bits per heavy atom. The number of benzene rings is 1. The molecule has 2 fully saturated rings. The van der Waals surface area contributed by atoms with E-state index in [2.05, 4.69) is 23.2 Å². The molecule has 5 nitrogen and oxygen atoms in total. The Hall–Kier alpha value is -1.88. The highest BCUT2D eigenvalue weighted by molar-refractivity contribution is 5.95. The van der Waals surface area contributed by atoms with Gasteiger partial charge in [0, 0.05) is 25.2 Å². The third-order valence-electron chi connectivity index (χ3n) is 6.37. The highest BCUT2D eigenvalue weighted by Gasteiger charge is 2.29.